The van der Waals surface area contributed by atoms with Crippen LogP contribution in [0.15, 0.2) is 33.9 Å². The van der Waals surface area contributed by atoms with Gasteiger partial charge in [0.1, 0.15) is 6.61 Å². The molecule has 0 radical (unpaired) electrons. The van der Waals surface area contributed by atoms with Crippen LogP contribution in [0.1, 0.15) is 25.8 Å². The quantitative estimate of drug-likeness (QED) is 0.472. The summed E-state index contributed by atoms with van der Waals surface area (Å²) < 4.78 is 15.5. The zero-order valence-corrected chi connectivity index (χ0v) is 18.6. The summed E-state index contributed by atoms with van der Waals surface area (Å²) in [6, 6.07) is 7.47. The summed E-state index contributed by atoms with van der Waals surface area (Å²) in [5.41, 5.74) is 0.430. The first kappa shape index (κ1) is 23.1. The second kappa shape index (κ2) is 10.1. The van der Waals surface area contributed by atoms with Gasteiger partial charge in [-0.05, 0) is 38.0 Å². The number of hydrogen-bond acceptors (Lipinski definition) is 6. The first-order valence-corrected chi connectivity index (χ1v) is 10.5. The van der Waals surface area contributed by atoms with Gasteiger partial charge < -0.3 is 14.6 Å². The van der Waals surface area contributed by atoms with Crippen LogP contribution in [-0.4, -0.2) is 49.7 Å². The largest absolute Gasteiger partial charge is 0.462 e. The highest BCUT2D eigenvalue weighted by Crippen LogP contribution is 2.21. The predicted molar refractivity (Wildman–Crippen MR) is 118 cm³/mol. The molecular formula is C21H27ClN4O5. The minimum absolute atomic E-state index is 0.0658. The number of imidazole rings is 1. The zero-order chi connectivity index (χ0) is 22.5. The van der Waals surface area contributed by atoms with Crippen LogP contribution in [0.2, 0.25) is 5.02 Å². The van der Waals surface area contributed by atoms with Gasteiger partial charge in [0, 0.05) is 25.2 Å². The summed E-state index contributed by atoms with van der Waals surface area (Å²) in [6.45, 7) is 4.77. The molecule has 0 aliphatic heterocycles. The fraction of sp³-hybridized carbons (Fsp3) is 0.476. The molecule has 9 nitrogen and oxygen atoms in total. The second-order valence-corrected chi connectivity index (χ2v) is 7.86. The number of rotatable bonds is 10. The SMILES string of the molecule is CC(C)OCCOc1nc2c(c(=O)n(CCCO)c(=O)n2C)n1Cc1ccc(Cl)cc1. The molecule has 1 N–H and O–H groups in total. The normalized spacial score (nSPS) is 11.5. The Morgan fingerprint density at radius 2 is 1.84 bits per heavy atom. The molecule has 1 aromatic carbocycles. The lowest BCUT2D eigenvalue weighted by Crippen LogP contribution is -2.39. The van der Waals surface area contributed by atoms with Crippen molar-refractivity contribution in [3.05, 3.63) is 55.7 Å². The van der Waals surface area contributed by atoms with Gasteiger partial charge in [-0.15, -0.1) is 0 Å². The smallest absolute Gasteiger partial charge is 0.332 e. The van der Waals surface area contributed by atoms with Gasteiger partial charge in [-0.25, -0.2) is 4.79 Å². The molecule has 0 unspecified atom stereocenters. The Balaban J connectivity index is 2.10. The number of aryl methyl sites for hydroxylation is 1. The topological polar surface area (TPSA) is 101 Å². The van der Waals surface area contributed by atoms with Crippen LogP contribution in [0.25, 0.3) is 11.2 Å². The lowest BCUT2D eigenvalue weighted by molar-refractivity contribution is 0.0524. The molecular weight excluding hydrogens is 424 g/mol. The lowest BCUT2D eigenvalue weighted by Gasteiger charge is -2.12. The fourth-order valence-electron chi connectivity index (χ4n) is 3.22. The molecule has 31 heavy (non-hydrogen) atoms. The van der Waals surface area contributed by atoms with Crippen molar-refractivity contribution in [2.24, 2.45) is 7.05 Å². The Labute approximate surface area is 184 Å². The maximum absolute atomic E-state index is 13.2. The predicted octanol–water partition coefficient (Wildman–Crippen LogP) is 1.78. The van der Waals surface area contributed by atoms with Gasteiger partial charge in [-0.1, -0.05) is 23.7 Å². The first-order chi connectivity index (χ1) is 14.8. The number of aliphatic hydroxyl groups is 1. The van der Waals surface area contributed by atoms with Gasteiger partial charge in [-0.2, -0.15) is 4.98 Å². The molecule has 0 aliphatic carbocycles. The third-order valence-corrected chi connectivity index (χ3v) is 5.01. The Bertz CT molecular complexity index is 1150. The number of hydrogen-bond donors (Lipinski definition) is 1. The molecule has 0 spiro atoms. The van der Waals surface area contributed by atoms with E-state index in [2.05, 4.69) is 4.98 Å². The van der Waals surface area contributed by atoms with Gasteiger partial charge in [0.15, 0.2) is 11.2 Å². The molecule has 10 heteroatoms. The standard InChI is InChI=1S/C21H27ClN4O5/c1-14(2)30-11-12-31-20-23-18-17(26(20)13-15-5-7-16(22)8-6-15)19(28)25(9-4-10-27)21(29)24(18)3/h5-8,14,27H,4,9-13H2,1-3H3. The summed E-state index contributed by atoms with van der Waals surface area (Å²) in [6.07, 6.45) is 0.359. The lowest BCUT2D eigenvalue weighted by atomic mass is 10.2. The van der Waals surface area contributed by atoms with Gasteiger partial charge in [-0.3, -0.25) is 18.5 Å². The van der Waals surface area contributed by atoms with E-state index >= 15 is 0 Å². The molecule has 3 rings (SSSR count). The number of aromatic nitrogens is 4. The van der Waals surface area contributed by atoms with Crippen molar-refractivity contribution in [3.8, 4) is 6.01 Å². The van der Waals surface area contributed by atoms with E-state index in [1.807, 2.05) is 26.0 Å². The molecule has 3 aromatic rings. The minimum atomic E-state index is -0.489. The van der Waals surface area contributed by atoms with Crippen LogP contribution < -0.4 is 16.0 Å². The van der Waals surface area contributed by atoms with Crippen molar-refractivity contribution in [2.45, 2.75) is 39.5 Å². The third kappa shape index (κ3) is 5.17. The van der Waals surface area contributed by atoms with Crippen LogP contribution in [-0.2, 0) is 24.9 Å². The number of benzene rings is 1. The number of ether oxygens (including phenoxy) is 2. The number of aliphatic hydroxyl groups excluding tert-OH is 1. The van der Waals surface area contributed by atoms with Crippen LogP contribution in [0.3, 0.4) is 0 Å². The third-order valence-electron chi connectivity index (χ3n) is 4.76. The van der Waals surface area contributed by atoms with E-state index in [9.17, 15) is 9.59 Å². The highest BCUT2D eigenvalue weighted by Gasteiger charge is 2.21. The van der Waals surface area contributed by atoms with Crippen molar-refractivity contribution in [2.75, 3.05) is 19.8 Å². The average molecular weight is 451 g/mol. The van der Waals surface area contributed by atoms with Crippen LogP contribution in [0, 0.1) is 0 Å². The summed E-state index contributed by atoms with van der Waals surface area (Å²) in [4.78, 5) is 30.3. The Morgan fingerprint density at radius 3 is 2.48 bits per heavy atom. The molecule has 0 atom stereocenters. The van der Waals surface area contributed by atoms with E-state index in [1.165, 1.54) is 4.57 Å². The Kier molecular flexibility index (Phi) is 7.53. The van der Waals surface area contributed by atoms with Crippen molar-refractivity contribution >= 4 is 22.8 Å². The van der Waals surface area contributed by atoms with Crippen molar-refractivity contribution in [1.29, 1.82) is 0 Å². The molecule has 0 saturated carbocycles. The van der Waals surface area contributed by atoms with Gasteiger partial charge in [0.25, 0.3) is 11.6 Å². The summed E-state index contributed by atoms with van der Waals surface area (Å²) in [7, 11) is 1.56. The molecule has 0 fully saturated rings. The molecule has 0 aliphatic rings. The molecule has 2 heterocycles. The van der Waals surface area contributed by atoms with Crippen LogP contribution in [0.4, 0.5) is 0 Å². The van der Waals surface area contributed by atoms with E-state index in [1.54, 1.807) is 23.7 Å². The van der Waals surface area contributed by atoms with Gasteiger partial charge in [0.05, 0.1) is 19.3 Å². The highest BCUT2D eigenvalue weighted by atomic mass is 35.5. The van der Waals surface area contributed by atoms with E-state index in [-0.39, 0.29) is 43.0 Å². The van der Waals surface area contributed by atoms with Gasteiger partial charge >= 0.3 is 5.69 Å². The molecule has 0 amide bonds. The Morgan fingerprint density at radius 1 is 1.13 bits per heavy atom. The van der Waals surface area contributed by atoms with E-state index < -0.39 is 11.2 Å². The van der Waals surface area contributed by atoms with Crippen LogP contribution >= 0.6 is 11.6 Å². The maximum Gasteiger partial charge on any atom is 0.332 e. The summed E-state index contributed by atoms with van der Waals surface area (Å²) in [5, 5.41) is 9.75. The van der Waals surface area contributed by atoms with Crippen molar-refractivity contribution in [1.82, 2.24) is 18.7 Å². The number of nitrogens with zero attached hydrogens (tertiary/aromatic N) is 4. The molecule has 2 aromatic heterocycles. The van der Waals surface area contributed by atoms with E-state index in [0.29, 0.717) is 24.6 Å². The number of halogens is 1. The van der Waals surface area contributed by atoms with Crippen molar-refractivity contribution < 1.29 is 14.6 Å². The Hall–Kier alpha value is -2.62. The molecule has 0 bridgehead atoms. The zero-order valence-electron chi connectivity index (χ0n) is 17.9. The van der Waals surface area contributed by atoms with Crippen LogP contribution in [0.5, 0.6) is 6.01 Å². The van der Waals surface area contributed by atoms with Gasteiger partial charge in [0.2, 0.25) is 0 Å². The molecule has 168 valence electrons. The second-order valence-electron chi connectivity index (χ2n) is 7.42. The average Bonchev–Trinajstić information content (AvgIpc) is 3.09. The number of fused-ring (bicyclic) bond motifs is 1. The molecule has 0 saturated heterocycles. The van der Waals surface area contributed by atoms with Crippen molar-refractivity contribution in [3.63, 3.8) is 0 Å². The fourth-order valence-corrected chi connectivity index (χ4v) is 3.35. The summed E-state index contributed by atoms with van der Waals surface area (Å²) >= 11 is 5.99. The minimum Gasteiger partial charge on any atom is -0.462 e. The summed E-state index contributed by atoms with van der Waals surface area (Å²) in [5.74, 6) is 0. The first-order valence-electron chi connectivity index (χ1n) is 10.1. The monoisotopic (exact) mass is 450 g/mol. The highest BCUT2D eigenvalue weighted by molar-refractivity contribution is 6.30. The van der Waals surface area contributed by atoms with E-state index in [0.717, 1.165) is 10.1 Å². The van der Waals surface area contributed by atoms with E-state index in [4.69, 9.17) is 26.2 Å². The maximum atomic E-state index is 13.2.